The number of nitrogens with one attached hydrogen (secondary N) is 1. The minimum absolute atomic E-state index is 0.789. The van der Waals surface area contributed by atoms with Crippen LogP contribution in [0.4, 0.5) is 11.4 Å². The molecule has 1 heterocycles. The number of anilines is 2. The lowest BCUT2D eigenvalue weighted by Crippen LogP contribution is -2.06. The van der Waals surface area contributed by atoms with E-state index in [-0.39, 0.29) is 0 Å². The fourth-order valence-electron chi connectivity index (χ4n) is 2.59. The van der Waals surface area contributed by atoms with Gasteiger partial charge in [-0.25, -0.2) is 0 Å². The van der Waals surface area contributed by atoms with E-state index in [0.717, 1.165) is 35.1 Å². The molecule has 1 aromatic heterocycles. The normalized spacial score (nSPS) is 10.7. The van der Waals surface area contributed by atoms with Crippen molar-refractivity contribution >= 4 is 22.1 Å². The summed E-state index contributed by atoms with van der Waals surface area (Å²) >= 11 is 0. The van der Waals surface area contributed by atoms with Gasteiger partial charge in [0.25, 0.3) is 0 Å². The van der Waals surface area contributed by atoms with E-state index in [4.69, 9.17) is 5.73 Å². The average molecular weight is 277 g/mol. The Kier molecular flexibility index (Phi) is 3.73. The molecule has 106 valence electrons. The van der Waals surface area contributed by atoms with Gasteiger partial charge in [-0.1, -0.05) is 24.3 Å². The summed E-state index contributed by atoms with van der Waals surface area (Å²) in [7, 11) is 0. The third-order valence-electron chi connectivity index (χ3n) is 3.82. The Labute approximate surface area is 124 Å². The van der Waals surface area contributed by atoms with E-state index in [1.807, 2.05) is 24.4 Å². The predicted molar refractivity (Wildman–Crippen MR) is 89.5 cm³/mol. The number of hydrogen-bond acceptors (Lipinski definition) is 3. The molecule has 0 saturated carbocycles. The number of benzene rings is 2. The molecule has 0 aliphatic carbocycles. The van der Waals surface area contributed by atoms with Crippen LogP contribution < -0.4 is 11.1 Å². The third-order valence-corrected chi connectivity index (χ3v) is 3.82. The summed E-state index contributed by atoms with van der Waals surface area (Å²) in [5, 5.41) is 5.61. The molecule has 0 aliphatic heterocycles. The first-order chi connectivity index (χ1) is 10.3. The van der Waals surface area contributed by atoms with Gasteiger partial charge in [-0.05, 0) is 42.7 Å². The van der Waals surface area contributed by atoms with Gasteiger partial charge < -0.3 is 11.1 Å². The second kappa shape index (κ2) is 5.83. The molecule has 3 N–H and O–H groups in total. The molecule has 0 unspecified atom stereocenters. The van der Waals surface area contributed by atoms with E-state index in [2.05, 4.69) is 41.5 Å². The van der Waals surface area contributed by atoms with Crippen LogP contribution in [-0.4, -0.2) is 11.5 Å². The summed E-state index contributed by atoms with van der Waals surface area (Å²) in [6.45, 7) is 3.04. The number of hydrogen-bond donors (Lipinski definition) is 2. The summed E-state index contributed by atoms with van der Waals surface area (Å²) < 4.78 is 0. The first-order valence-corrected chi connectivity index (χ1v) is 7.16. The molecule has 21 heavy (non-hydrogen) atoms. The largest absolute Gasteiger partial charge is 0.398 e. The molecule has 3 rings (SSSR count). The second-order valence-corrected chi connectivity index (χ2v) is 5.23. The average Bonchev–Trinajstić information content (AvgIpc) is 2.52. The number of rotatable bonds is 4. The van der Waals surface area contributed by atoms with Crippen LogP contribution in [0.15, 0.2) is 54.9 Å². The van der Waals surface area contributed by atoms with Gasteiger partial charge in [-0.3, -0.25) is 4.98 Å². The Morgan fingerprint density at radius 3 is 2.76 bits per heavy atom. The molecule has 2 aromatic carbocycles. The molecule has 3 heteroatoms. The summed E-state index contributed by atoms with van der Waals surface area (Å²) in [5.41, 5.74) is 10.6. The number of pyridine rings is 1. The van der Waals surface area contributed by atoms with Crippen molar-refractivity contribution in [1.29, 1.82) is 0 Å². The molecule has 0 bridgehead atoms. The maximum absolute atomic E-state index is 6.01. The van der Waals surface area contributed by atoms with Gasteiger partial charge in [0.2, 0.25) is 0 Å². The summed E-state index contributed by atoms with van der Waals surface area (Å²) in [6, 6.07) is 14.4. The van der Waals surface area contributed by atoms with Crippen molar-refractivity contribution in [2.75, 3.05) is 17.6 Å². The highest BCUT2D eigenvalue weighted by atomic mass is 14.9. The topological polar surface area (TPSA) is 50.9 Å². The molecule has 0 aliphatic rings. The van der Waals surface area contributed by atoms with Gasteiger partial charge in [0.15, 0.2) is 0 Å². The number of aromatic nitrogens is 1. The molecule has 0 spiro atoms. The Bertz CT molecular complexity index is 765. The summed E-state index contributed by atoms with van der Waals surface area (Å²) in [4.78, 5) is 4.20. The van der Waals surface area contributed by atoms with E-state index in [0.29, 0.717) is 0 Å². The molecular formula is C18H19N3. The zero-order valence-corrected chi connectivity index (χ0v) is 12.1. The lowest BCUT2D eigenvalue weighted by Gasteiger charge is -2.12. The first kappa shape index (κ1) is 13.4. The van der Waals surface area contributed by atoms with Crippen LogP contribution in [0.2, 0.25) is 0 Å². The number of fused-ring (bicyclic) bond motifs is 1. The fraction of sp³-hybridized carbons (Fsp3) is 0.167. The van der Waals surface area contributed by atoms with Crippen LogP contribution in [0.3, 0.4) is 0 Å². The zero-order chi connectivity index (χ0) is 14.7. The van der Waals surface area contributed by atoms with Crippen molar-refractivity contribution in [2.24, 2.45) is 0 Å². The van der Waals surface area contributed by atoms with E-state index >= 15 is 0 Å². The van der Waals surface area contributed by atoms with Gasteiger partial charge in [-0.2, -0.15) is 0 Å². The molecular weight excluding hydrogens is 258 g/mol. The van der Waals surface area contributed by atoms with Crippen LogP contribution in [0.1, 0.15) is 11.1 Å². The zero-order valence-electron chi connectivity index (χ0n) is 12.1. The Hall–Kier alpha value is -2.55. The highest BCUT2D eigenvalue weighted by Crippen LogP contribution is 2.27. The predicted octanol–water partition coefficient (Wildman–Crippen LogP) is 3.78. The summed E-state index contributed by atoms with van der Waals surface area (Å²) in [6.07, 6.45) is 4.64. The van der Waals surface area contributed by atoms with Gasteiger partial charge in [-0.15, -0.1) is 0 Å². The SMILES string of the molecule is Cc1ccccc1CCNc1ccc(N)c2ccncc12. The number of nitrogens with two attached hydrogens (primary N) is 1. The maximum Gasteiger partial charge on any atom is 0.0437 e. The molecule has 3 nitrogen and oxygen atoms in total. The van der Waals surface area contributed by atoms with Gasteiger partial charge in [0, 0.05) is 41.1 Å². The molecule has 0 fully saturated rings. The monoisotopic (exact) mass is 277 g/mol. The molecule has 0 radical (unpaired) electrons. The van der Waals surface area contributed by atoms with Gasteiger partial charge >= 0.3 is 0 Å². The van der Waals surface area contributed by atoms with Crippen molar-refractivity contribution < 1.29 is 0 Å². The molecule has 0 amide bonds. The van der Waals surface area contributed by atoms with Crippen molar-refractivity contribution in [2.45, 2.75) is 13.3 Å². The van der Waals surface area contributed by atoms with Crippen molar-refractivity contribution in [3.63, 3.8) is 0 Å². The first-order valence-electron chi connectivity index (χ1n) is 7.16. The minimum Gasteiger partial charge on any atom is -0.398 e. The van der Waals surface area contributed by atoms with Gasteiger partial charge in [0.1, 0.15) is 0 Å². The maximum atomic E-state index is 6.01. The molecule has 0 atom stereocenters. The smallest absolute Gasteiger partial charge is 0.0437 e. The summed E-state index contributed by atoms with van der Waals surface area (Å²) in [5.74, 6) is 0. The van der Waals surface area contributed by atoms with Crippen molar-refractivity contribution in [3.8, 4) is 0 Å². The lowest BCUT2D eigenvalue weighted by molar-refractivity contribution is 1.01. The Balaban J connectivity index is 1.77. The van der Waals surface area contributed by atoms with E-state index < -0.39 is 0 Å². The minimum atomic E-state index is 0.789. The van der Waals surface area contributed by atoms with E-state index in [1.165, 1.54) is 11.1 Å². The number of aryl methyl sites for hydroxylation is 1. The molecule has 0 saturated heterocycles. The third kappa shape index (κ3) is 2.82. The Morgan fingerprint density at radius 2 is 1.90 bits per heavy atom. The van der Waals surface area contributed by atoms with Gasteiger partial charge in [0.05, 0.1) is 0 Å². The number of nitrogens with zero attached hydrogens (tertiary/aromatic N) is 1. The van der Waals surface area contributed by atoms with Crippen LogP contribution in [0.25, 0.3) is 10.8 Å². The highest BCUT2D eigenvalue weighted by Gasteiger charge is 2.04. The fourth-order valence-corrected chi connectivity index (χ4v) is 2.59. The van der Waals surface area contributed by atoms with Crippen molar-refractivity contribution in [3.05, 3.63) is 66.0 Å². The van der Waals surface area contributed by atoms with Crippen LogP contribution in [0.5, 0.6) is 0 Å². The second-order valence-electron chi connectivity index (χ2n) is 5.23. The lowest BCUT2D eigenvalue weighted by atomic mass is 10.1. The van der Waals surface area contributed by atoms with E-state index in [9.17, 15) is 0 Å². The quantitative estimate of drug-likeness (QED) is 0.713. The number of nitrogen functional groups attached to an aromatic ring is 1. The molecule has 3 aromatic rings. The van der Waals surface area contributed by atoms with Crippen LogP contribution in [-0.2, 0) is 6.42 Å². The standard InChI is InChI=1S/C18H19N3/c1-13-4-2-3-5-14(13)8-11-21-18-7-6-17(19)15-9-10-20-12-16(15)18/h2-7,9-10,12,21H,8,11,19H2,1H3. The van der Waals surface area contributed by atoms with Crippen molar-refractivity contribution in [1.82, 2.24) is 4.98 Å². The van der Waals surface area contributed by atoms with Crippen LogP contribution in [0, 0.1) is 6.92 Å². The highest BCUT2D eigenvalue weighted by molar-refractivity contribution is 6.00. The van der Waals surface area contributed by atoms with E-state index in [1.54, 1.807) is 6.20 Å². The Morgan fingerprint density at radius 1 is 1.05 bits per heavy atom. The van der Waals surface area contributed by atoms with Crippen LogP contribution >= 0.6 is 0 Å².